The largest absolute Gasteiger partial charge is 0.495 e. The molecule has 1 aromatic heterocycles. The van der Waals surface area contributed by atoms with Crippen LogP contribution in [0.4, 0.5) is 0 Å². The Kier molecular flexibility index (Phi) is 6.66. The van der Waals surface area contributed by atoms with E-state index in [1.165, 1.54) is 35.6 Å². The Morgan fingerprint density at radius 1 is 1.13 bits per heavy atom. The fourth-order valence-corrected chi connectivity index (χ4v) is 5.26. The van der Waals surface area contributed by atoms with Gasteiger partial charge in [-0.25, -0.2) is 8.42 Å². The number of amides is 1. The number of benzene rings is 2. The number of carbonyl (C=O) groups excluding carboxylic acids is 1. The molecule has 31 heavy (non-hydrogen) atoms. The van der Waals surface area contributed by atoms with Crippen molar-refractivity contribution in [1.29, 1.82) is 0 Å². The molecule has 3 rings (SSSR count). The van der Waals surface area contributed by atoms with Gasteiger partial charge in [-0.1, -0.05) is 17.4 Å². The van der Waals surface area contributed by atoms with Crippen LogP contribution in [0.25, 0.3) is 10.2 Å². The zero-order valence-electron chi connectivity index (χ0n) is 17.8. The van der Waals surface area contributed by atoms with Gasteiger partial charge >= 0.3 is 0 Å². The second kappa shape index (κ2) is 9.07. The van der Waals surface area contributed by atoms with E-state index in [4.69, 9.17) is 9.47 Å². The number of aromatic nitrogens is 1. The van der Waals surface area contributed by atoms with Crippen LogP contribution in [-0.4, -0.2) is 38.4 Å². The standard InChI is InChI=1S/C22H24N2O5S2/c1-6-13-24-19-17(28-4)11-12-18(29-5)20(19)30-22(24)23-21(25)15-7-9-16(10-8-15)31(26,27)14(2)3/h6-12,14H,1,13H2,2-5H3. The number of sulfone groups is 1. The number of rotatable bonds is 7. The van der Waals surface area contributed by atoms with Crippen LogP contribution in [0.5, 0.6) is 11.5 Å². The number of hydrogen-bond acceptors (Lipinski definition) is 6. The van der Waals surface area contributed by atoms with Crippen molar-refractivity contribution in [3.8, 4) is 11.5 Å². The van der Waals surface area contributed by atoms with Crippen LogP contribution in [-0.2, 0) is 16.4 Å². The Labute approximate surface area is 185 Å². The molecule has 7 nitrogen and oxygen atoms in total. The molecule has 9 heteroatoms. The van der Waals surface area contributed by atoms with Crippen molar-refractivity contribution in [1.82, 2.24) is 4.57 Å². The van der Waals surface area contributed by atoms with Crippen molar-refractivity contribution in [2.24, 2.45) is 4.99 Å². The van der Waals surface area contributed by atoms with Crippen LogP contribution < -0.4 is 14.3 Å². The topological polar surface area (TPSA) is 87.0 Å². The molecule has 0 aliphatic rings. The third-order valence-electron chi connectivity index (χ3n) is 4.75. The summed E-state index contributed by atoms with van der Waals surface area (Å²) in [6, 6.07) is 9.43. The number of methoxy groups -OCH3 is 2. The zero-order chi connectivity index (χ0) is 22.8. The summed E-state index contributed by atoms with van der Waals surface area (Å²) < 4.78 is 38.2. The average molecular weight is 461 g/mol. The van der Waals surface area contributed by atoms with Gasteiger partial charge < -0.3 is 14.0 Å². The molecule has 0 aliphatic carbocycles. The van der Waals surface area contributed by atoms with Crippen LogP contribution in [0.15, 0.2) is 58.9 Å². The minimum absolute atomic E-state index is 0.178. The average Bonchev–Trinajstić information content (AvgIpc) is 3.11. The molecular weight excluding hydrogens is 436 g/mol. The molecule has 0 bridgehead atoms. The van der Waals surface area contributed by atoms with E-state index in [9.17, 15) is 13.2 Å². The molecule has 164 valence electrons. The van der Waals surface area contributed by atoms with Gasteiger partial charge in [0.2, 0.25) is 0 Å². The van der Waals surface area contributed by atoms with Gasteiger partial charge in [0.25, 0.3) is 5.91 Å². The summed E-state index contributed by atoms with van der Waals surface area (Å²) in [5.41, 5.74) is 1.06. The van der Waals surface area contributed by atoms with Crippen LogP contribution in [0.2, 0.25) is 0 Å². The van der Waals surface area contributed by atoms with E-state index < -0.39 is 21.0 Å². The number of hydrogen-bond donors (Lipinski definition) is 0. The van der Waals surface area contributed by atoms with Gasteiger partial charge in [0, 0.05) is 12.1 Å². The number of nitrogens with zero attached hydrogens (tertiary/aromatic N) is 2. The molecule has 0 radical (unpaired) electrons. The predicted molar refractivity (Wildman–Crippen MR) is 122 cm³/mol. The lowest BCUT2D eigenvalue weighted by Crippen LogP contribution is -2.17. The van der Waals surface area contributed by atoms with E-state index >= 15 is 0 Å². The molecule has 0 saturated carbocycles. The van der Waals surface area contributed by atoms with Crippen molar-refractivity contribution in [3.05, 3.63) is 59.4 Å². The Balaban J connectivity index is 2.13. The fraction of sp³-hybridized carbons (Fsp3) is 0.273. The molecule has 0 unspecified atom stereocenters. The van der Waals surface area contributed by atoms with Crippen molar-refractivity contribution in [2.45, 2.75) is 30.5 Å². The number of fused-ring (bicyclic) bond motifs is 1. The molecule has 1 amide bonds. The third kappa shape index (κ3) is 4.28. The first-order valence-corrected chi connectivity index (χ1v) is 11.9. The van der Waals surface area contributed by atoms with Gasteiger partial charge in [0.1, 0.15) is 21.7 Å². The number of ether oxygens (including phenoxy) is 2. The van der Waals surface area contributed by atoms with Crippen LogP contribution in [0.3, 0.4) is 0 Å². The van der Waals surface area contributed by atoms with Crippen molar-refractivity contribution >= 4 is 37.3 Å². The molecule has 0 aliphatic heterocycles. The molecule has 0 saturated heterocycles. The molecule has 0 atom stereocenters. The lowest BCUT2D eigenvalue weighted by Gasteiger charge is -2.08. The summed E-state index contributed by atoms with van der Waals surface area (Å²) in [6.07, 6.45) is 1.71. The highest BCUT2D eigenvalue weighted by atomic mass is 32.2. The molecule has 3 aromatic rings. The lowest BCUT2D eigenvalue weighted by molar-refractivity contribution is 0.0997. The zero-order valence-corrected chi connectivity index (χ0v) is 19.4. The van der Waals surface area contributed by atoms with E-state index in [2.05, 4.69) is 11.6 Å². The summed E-state index contributed by atoms with van der Waals surface area (Å²) in [6.45, 7) is 7.45. The minimum atomic E-state index is -3.41. The van der Waals surface area contributed by atoms with Gasteiger partial charge in [0.05, 0.1) is 24.4 Å². The summed E-state index contributed by atoms with van der Waals surface area (Å²) >= 11 is 1.31. The maximum atomic E-state index is 12.8. The number of carbonyl (C=O) groups is 1. The Morgan fingerprint density at radius 3 is 2.29 bits per heavy atom. The summed E-state index contributed by atoms with van der Waals surface area (Å²) in [4.78, 5) is 17.8. The Morgan fingerprint density at radius 2 is 1.74 bits per heavy atom. The molecule has 1 heterocycles. The first-order valence-electron chi connectivity index (χ1n) is 9.52. The number of allylic oxidation sites excluding steroid dienone is 1. The summed E-state index contributed by atoms with van der Waals surface area (Å²) in [5, 5.41) is -0.542. The molecule has 0 fully saturated rings. The smallest absolute Gasteiger partial charge is 0.279 e. The lowest BCUT2D eigenvalue weighted by atomic mass is 10.2. The van der Waals surface area contributed by atoms with E-state index in [0.717, 1.165) is 10.2 Å². The van der Waals surface area contributed by atoms with Crippen LogP contribution >= 0.6 is 11.3 Å². The summed E-state index contributed by atoms with van der Waals surface area (Å²) in [7, 11) is -0.256. The second-order valence-corrected chi connectivity index (χ2v) is 10.4. The monoisotopic (exact) mass is 460 g/mol. The second-order valence-electron chi connectivity index (χ2n) is 6.97. The molecular formula is C22H24N2O5S2. The summed E-state index contributed by atoms with van der Waals surface area (Å²) in [5.74, 6) is 0.803. The maximum Gasteiger partial charge on any atom is 0.279 e. The van der Waals surface area contributed by atoms with Gasteiger partial charge in [-0.3, -0.25) is 4.79 Å². The van der Waals surface area contributed by atoms with Crippen molar-refractivity contribution in [2.75, 3.05) is 14.2 Å². The van der Waals surface area contributed by atoms with Crippen molar-refractivity contribution < 1.29 is 22.7 Å². The van der Waals surface area contributed by atoms with Gasteiger partial charge in [-0.05, 0) is 50.2 Å². The van der Waals surface area contributed by atoms with Gasteiger partial charge in [-0.15, -0.1) is 6.58 Å². The highest BCUT2D eigenvalue weighted by Gasteiger charge is 2.20. The van der Waals surface area contributed by atoms with E-state index in [-0.39, 0.29) is 4.90 Å². The van der Waals surface area contributed by atoms with Crippen LogP contribution in [0, 0.1) is 0 Å². The molecule has 0 N–H and O–H groups in total. The SMILES string of the molecule is C=CCn1c(=NC(=O)c2ccc(S(=O)(=O)C(C)C)cc2)sc2c(OC)ccc(OC)c21. The van der Waals surface area contributed by atoms with E-state index in [1.807, 2.05) is 4.57 Å². The fourth-order valence-electron chi connectivity index (χ4n) is 3.05. The normalized spacial score (nSPS) is 12.4. The highest BCUT2D eigenvalue weighted by molar-refractivity contribution is 7.92. The quantitative estimate of drug-likeness (QED) is 0.500. The first-order chi connectivity index (χ1) is 14.7. The number of thiazole rings is 1. The molecule has 2 aromatic carbocycles. The predicted octanol–water partition coefficient (Wildman–Crippen LogP) is 3.83. The Bertz CT molecular complexity index is 1300. The highest BCUT2D eigenvalue weighted by Crippen LogP contribution is 2.35. The van der Waals surface area contributed by atoms with E-state index in [1.54, 1.807) is 46.3 Å². The maximum absolute atomic E-state index is 12.8. The molecule has 0 spiro atoms. The van der Waals surface area contributed by atoms with Gasteiger partial charge in [-0.2, -0.15) is 4.99 Å². The first kappa shape index (κ1) is 22.8. The van der Waals surface area contributed by atoms with E-state index in [0.29, 0.717) is 28.4 Å². The van der Waals surface area contributed by atoms with Gasteiger partial charge in [0.15, 0.2) is 14.6 Å². The van der Waals surface area contributed by atoms with Crippen LogP contribution in [0.1, 0.15) is 24.2 Å². The Hall–Kier alpha value is -2.91. The van der Waals surface area contributed by atoms with Crippen molar-refractivity contribution in [3.63, 3.8) is 0 Å². The minimum Gasteiger partial charge on any atom is -0.495 e. The third-order valence-corrected chi connectivity index (χ3v) is 8.01.